The van der Waals surface area contributed by atoms with Crippen molar-refractivity contribution in [3.63, 3.8) is 0 Å². The van der Waals surface area contributed by atoms with Gasteiger partial charge in [0.2, 0.25) is 0 Å². The number of aromatic nitrogens is 1. The van der Waals surface area contributed by atoms with Crippen molar-refractivity contribution < 1.29 is 14.5 Å². The van der Waals surface area contributed by atoms with Gasteiger partial charge < -0.3 is 19.5 Å². The van der Waals surface area contributed by atoms with Gasteiger partial charge in [0.15, 0.2) is 5.43 Å². The van der Waals surface area contributed by atoms with Gasteiger partial charge in [0, 0.05) is 29.4 Å². The Morgan fingerprint density at radius 3 is 2.71 bits per heavy atom. The van der Waals surface area contributed by atoms with Crippen LogP contribution in [0.4, 0.5) is 0 Å². The number of benzene rings is 1. The van der Waals surface area contributed by atoms with Crippen molar-refractivity contribution in [3.05, 3.63) is 39.7 Å². The summed E-state index contributed by atoms with van der Waals surface area (Å²) in [5.74, 6) is 0.724. The fourth-order valence-corrected chi connectivity index (χ4v) is 3.80. The van der Waals surface area contributed by atoms with E-state index in [2.05, 4.69) is 19.1 Å². The van der Waals surface area contributed by atoms with Crippen molar-refractivity contribution in [2.45, 2.75) is 32.4 Å². The summed E-state index contributed by atoms with van der Waals surface area (Å²) in [6.45, 7) is 5.24. The van der Waals surface area contributed by atoms with Crippen LogP contribution in [0.25, 0.3) is 10.9 Å². The highest BCUT2D eigenvalue weighted by Gasteiger charge is 2.27. The van der Waals surface area contributed by atoms with E-state index in [0.717, 1.165) is 34.5 Å². The summed E-state index contributed by atoms with van der Waals surface area (Å²) in [6.07, 6.45) is 2.46. The molecule has 1 atom stereocenters. The van der Waals surface area contributed by atoms with E-state index in [-0.39, 0.29) is 5.43 Å². The second kappa shape index (κ2) is 6.95. The zero-order chi connectivity index (χ0) is 17.3. The minimum atomic E-state index is 0.137. The maximum Gasteiger partial charge on any atom is 0.198 e. The normalized spacial score (nSPS) is 22.5. The standard InChI is InChI=1S/C19H27N3O2/c1-13-17(12-22(3)14-7-9-21(2)10-8-14)19(23)16-11-15(24-4)5-6-18(16)20-13/h5-6,11,14H,7-10,12H2,1-4H3,(H,20,23)/p+2. The van der Waals surface area contributed by atoms with Crippen molar-refractivity contribution in [1.82, 2.24) is 4.98 Å². The number of nitrogens with one attached hydrogen (secondary N) is 3. The first kappa shape index (κ1) is 17.0. The van der Waals surface area contributed by atoms with Crippen LogP contribution in [0.5, 0.6) is 5.75 Å². The second-order valence-corrected chi connectivity index (χ2v) is 7.22. The van der Waals surface area contributed by atoms with E-state index in [1.807, 2.05) is 25.1 Å². The van der Waals surface area contributed by atoms with E-state index < -0.39 is 0 Å². The number of hydrogen-bond donors (Lipinski definition) is 3. The van der Waals surface area contributed by atoms with Crippen LogP contribution in [-0.2, 0) is 6.54 Å². The third-order valence-electron chi connectivity index (χ3n) is 5.51. The number of quaternary nitrogens is 2. The Kier molecular flexibility index (Phi) is 4.92. The predicted octanol–water partition coefficient (Wildman–Crippen LogP) is -0.463. The molecule has 1 aromatic heterocycles. The molecule has 3 N–H and O–H groups in total. The molecular weight excluding hydrogens is 302 g/mol. The number of methoxy groups -OCH3 is 1. The van der Waals surface area contributed by atoms with Gasteiger partial charge in [-0.25, -0.2) is 0 Å². The molecule has 0 saturated carbocycles. The van der Waals surface area contributed by atoms with Gasteiger partial charge in [-0.15, -0.1) is 0 Å². The number of H-pyrrole nitrogens is 1. The summed E-state index contributed by atoms with van der Waals surface area (Å²) in [6, 6.07) is 6.29. The van der Waals surface area contributed by atoms with E-state index in [0.29, 0.717) is 6.04 Å². The van der Waals surface area contributed by atoms with Crippen LogP contribution in [0.1, 0.15) is 24.1 Å². The maximum absolute atomic E-state index is 13.0. The number of piperidine rings is 1. The Hall–Kier alpha value is -1.85. The molecule has 0 spiro atoms. The molecule has 5 nitrogen and oxygen atoms in total. The van der Waals surface area contributed by atoms with Crippen molar-refractivity contribution >= 4 is 10.9 Å². The predicted molar refractivity (Wildman–Crippen MR) is 96.1 cm³/mol. The van der Waals surface area contributed by atoms with Gasteiger partial charge in [-0.05, 0) is 25.1 Å². The summed E-state index contributed by atoms with van der Waals surface area (Å²) >= 11 is 0. The zero-order valence-corrected chi connectivity index (χ0v) is 15.2. The van der Waals surface area contributed by atoms with Gasteiger partial charge in [-0.1, -0.05) is 0 Å². The molecule has 1 aliphatic rings. The number of aryl methyl sites for hydroxylation is 1. The molecule has 0 amide bonds. The summed E-state index contributed by atoms with van der Waals surface area (Å²) < 4.78 is 5.27. The Bertz CT molecular complexity index is 776. The molecule has 0 radical (unpaired) electrons. The lowest BCUT2D eigenvalue weighted by atomic mass is 10.0. The van der Waals surface area contributed by atoms with Crippen LogP contribution in [0.2, 0.25) is 0 Å². The van der Waals surface area contributed by atoms with Gasteiger partial charge in [-0.2, -0.15) is 0 Å². The van der Waals surface area contributed by atoms with Crippen LogP contribution in [0.3, 0.4) is 0 Å². The van der Waals surface area contributed by atoms with Crippen molar-refractivity contribution in [2.24, 2.45) is 0 Å². The first-order valence-electron chi connectivity index (χ1n) is 8.82. The third-order valence-corrected chi connectivity index (χ3v) is 5.51. The average Bonchev–Trinajstić information content (AvgIpc) is 2.58. The van der Waals surface area contributed by atoms with Crippen LogP contribution in [0, 0.1) is 6.92 Å². The molecule has 24 heavy (non-hydrogen) atoms. The molecule has 1 aliphatic heterocycles. The first-order valence-corrected chi connectivity index (χ1v) is 8.82. The number of rotatable bonds is 4. The molecule has 1 aromatic carbocycles. The van der Waals surface area contributed by atoms with Crippen LogP contribution in [0.15, 0.2) is 23.0 Å². The van der Waals surface area contributed by atoms with Crippen molar-refractivity contribution in [2.75, 3.05) is 34.3 Å². The van der Waals surface area contributed by atoms with Gasteiger partial charge in [0.25, 0.3) is 0 Å². The highest BCUT2D eigenvalue weighted by Crippen LogP contribution is 2.18. The quantitative estimate of drug-likeness (QED) is 0.710. The lowest BCUT2D eigenvalue weighted by Gasteiger charge is -2.30. The molecular formula is C19H29N3O2+2. The van der Waals surface area contributed by atoms with Crippen LogP contribution >= 0.6 is 0 Å². The first-order chi connectivity index (χ1) is 11.5. The molecule has 5 heteroatoms. The fraction of sp³-hybridized carbons (Fsp3) is 0.526. The van der Waals surface area contributed by atoms with Crippen molar-refractivity contribution in [1.29, 1.82) is 0 Å². The zero-order valence-electron chi connectivity index (χ0n) is 15.2. The highest BCUT2D eigenvalue weighted by molar-refractivity contribution is 5.81. The van der Waals surface area contributed by atoms with E-state index in [1.54, 1.807) is 12.0 Å². The number of ether oxygens (including phenoxy) is 1. The summed E-state index contributed by atoms with van der Waals surface area (Å²) in [7, 11) is 6.11. The number of likely N-dealkylation sites (tertiary alicyclic amines) is 1. The second-order valence-electron chi connectivity index (χ2n) is 7.22. The van der Waals surface area contributed by atoms with Crippen LogP contribution < -0.4 is 20.0 Å². The monoisotopic (exact) mass is 331 g/mol. The largest absolute Gasteiger partial charge is 0.497 e. The third kappa shape index (κ3) is 3.32. The average molecular weight is 331 g/mol. The van der Waals surface area contributed by atoms with E-state index in [1.165, 1.54) is 30.8 Å². The lowest BCUT2D eigenvalue weighted by Crippen LogP contribution is -3.17. The van der Waals surface area contributed by atoms with Crippen molar-refractivity contribution in [3.8, 4) is 5.75 Å². The minimum Gasteiger partial charge on any atom is -0.497 e. The van der Waals surface area contributed by atoms with Gasteiger partial charge in [-0.3, -0.25) is 4.79 Å². The molecule has 3 rings (SSSR count). The number of hydrogen-bond acceptors (Lipinski definition) is 2. The topological polar surface area (TPSA) is 51.0 Å². The van der Waals surface area contributed by atoms with Gasteiger partial charge in [0.05, 0.1) is 45.9 Å². The van der Waals surface area contributed by atoms with E-state index >= 15 is 0 Å². The highest BCUT2D eigenvalue weighted by atomic mass is 16.5. The van der Waals surface area contributed by atoms with Crippen LogP contribution in [-0.4, -0.2) is 45.3 Å². The Morgan fingerprint density at radius 2 is 2.04 bits per heavy atom. The van der Waals surface area contributed by atoms with Gasteiger partial charge >= 0.3 is 0 Å². The minimum absolute atomic E-state index is 0.137. The summed E-state index contributed by atoms with van der Waals surface area (Å²) in [5, 5.41) is 0.718. The smallest absolute Gasteiger partial charge is 0.198 e. The molecule has 130 valence electrons. The molecule has 2 aromatic rings. The molecule has 1 saturated heterocycles. The Labute approximate surface area is 143 Å². The number of aromatic amines is 1. The summed E-state index contributed by atoms with van der Waals surface area (Å²) in [4.78, 5) is 19.4. The van der Waals surface area contributed by atoms with E-state index in [4.69, 9.17) is 4.74 Å². The van der Waals surface area contributed by atoms with Gasteiger partial charge in [0.1, 0.15) is 12.3 Å². The number of fused-ring (bicyclic) bond motifs is 1. The molecule has 0 bridgehead atoms. The molecule has 2 heterocycles. The lowest BCUT2D eigenvalue weighted by molar-refractivity contribution is -0.948. The van der Waals surface area contributed by atoms with E-state index in [9.17, 15) is 4.79 Å². The Morgan fingerprint density at radius 1 is 1.33 bits per heavy atom. The molecule has 1 fully saturated rings. The SMILES string of the molecule is COc1ccc2[nH]c(C)c(C[NH+](C)C3CC[NH+](C)CC3)c(=O)c2c1. The molecule has 1 unspecified atom stereocenters. The molecule has 0 aliphatic carbocycles. The Balaban J connectivity index is 1.89. The number of pyridine rings is 1. The fourth-order valence-electron chi connectivity index (χ4n) is 3.80. The summed E-state index contributed by atoms with van der Waals surface area (Å²) in [5.41, 5.74) is 2.90. The maximum atomic E-state index is 13.0.